The van der Waals surface area contributed by atoms with E-state index in [1.165, 1.54) is 7.11 Å². The largest absolute Gasteiger partial charge is 0.493 e. The number of rotatable bonds is 5. The van der Waals surface area contributed by atoms with Crippen molar-refractivity contribution in [2.75, 3.05) is 7.11 Å². The van der Waals surface area contributed by atoms with E-state index < -0.39 is 5.97 Å². The lowest BCUT2D eigenvalue weighted by atomic mass is 10.1. The summed E-state index contributed by atoms with van der Waals surface area (Å²) in [6.07, 6.45) is 1.55. The summed E-state index contributed by atoms with van der Waals surface area (Å²) in [7, 11) is 1.46. The van der Waals surface area contributed by atoms with E-state index in [2.05, 4.69) is 4.99 Å². The molecule has 0 amide bonds. The molecule has 29 heavy (non-hydrogen) atoms. The third-order valence-electron chi connectivity index (χ3n) is 3.96. The number of aliphatic imine (C=N–C) groups is 1. The van der Waals surface area contributed by atoms with Gasteiger partial charge >= 0.3 is 11.9 Å². The van der Waals surface area contributed by atoms with Gasteiger partial charge in [0.2, 0.25) is 5.90 Å². The molecule has 0 spiro atoms. The average molecular weight is 434 g/mol. The first kappa shape index (κ1) is 20.9. The van der Waals surface area contributed by atoms with Crippen LogP contribution in [0.5, 0.6) is 11.5 Å². The Bertz CT molecular complexity index is 1040. The van der Waals surface area contributed by atoms with Gasteiger partial charge in [0.15, 0.2) is 17.2 Å². The van der Waals surface area contributed by atoms with Gasteiger partial charge in [0, 0.05) is 5.56 Å². The quantitative estimate of drug-likeness (QED) is 0.380. The number of cyclic esters (lactones) is 1. The predicted octanol–water partition coefficient (Wildman–Crippen LogP) is 4.91. The normalized spacial score (nSPS) is 14.8. The second-order valence-electron chi connectivity index (χ2n) is 6.45. The highest BCUT2D eigenvalue weighted by Crippen LogP contribution is 2.31. The molecule has 0 saturated heterocycles. The number of carbonyl (C=O) groups is 2. The van der Waals surface area contributed by atoms with Crippen LogP contribution < -0.4 is 9.47 Å². The van der Waals surface area contributed by atoms with Crippen LogP contribution in [-0.4, -0.2) is 24.9 Å². The van der Waals surface area contributed by atoms with E-state index in [1.54, 1.807) is 56.3 Å². The number of esters is 2. The molecule has 8 heteroatoms. The number of carbonyl (C=O) groups excluding carboxylic acids is 2. The van der Waals surface area contributed by atoms with E-state index in [0.29, 0.717) is 32.7 Å². The number of halogens is 2. The second-order valence-corrected chi connectivity index (χ2v) is 7.27. The first-order valence-corrected chi connectivity index (χ1v) is 9.42. The minimum absolute atomic E-state index is 0.111. The highest BCUT2D eigenvalue weighted by atomic mass is 35.5. The summed E-state index contributed by atoms with van der Waals surface area (Å²) >= 11 is 11.9. The Morgan fingerprint density at radius 2 is 1.86 bits per heavy atom. The first-order chi connectivity index (χ1) is 13.8. The van der Waals surface area contributed by atoms with Gasteiger partial charge in [-0.1, -0.05) is 43.1 Å². The van der Waals surface area contributed by atoms with E-state index >= 15 is 0 Å². The van der Waals surface area contributed by atoms with E-state index in [9.17, 15) is 9.59 Å². The Morgan fingerprint density at radius 1 is 1.10 bits per heavy atom. The number of benzene rings is 2. The van der Waals surface area contributed by atoms with Crippen LogP contribution in [0.15, 0.2) is 47.1 Å². The van der Waals surface area contributed by atoms with E-state index in [1.807, 2.05) is 0 Å². The standard InChI is InChI=1S/C21H17Cl2NO5/c1-11(2)20(25)28-17-7-4-12(9-18(17)27-3)8-16-21(26)29-19(24-16)13-5-6-14(22)15(23)10-13/h4-11H,1-3H3/b16-8-. The summed E-state index contributed by atoms with van der Waals surface area (Å²) in [4.78, 5) is 28.2. The van der Waals surface area contributed by atoms with Crippen LogP contribution in [-0.2, 0) is 14.3 Å². The minimum Gasteiger partial charge on any atom is -0.493 e. The fourth-order valence-electron chi connectivity index (χ4n) is 2.40. The second kappa shape index (κ2) is 8.68. The molecule has 0 saturated carbocycles. The van der Waals surface area contributed by atoms with Crippen LogP contribution in [0.1, 0.15) is 25.0 Å². The fraction of sp³-hybridized carbons (Fsp3) is 0.190. The highest BCUT2D eigenvalue weighted by molar-refractivity contribution is 6.42. The smallest absolute Gasteiger partial charge is 0.363 e. The molecule has 1 aliphatic rings. The lowest BCUT2D eigenvalue weighted by Crippen LogP contribution is -2.15. The van der Waals surface area contributed by atoms with E-state index in [4.69, 9.17) is 37.4 Å². The summed E-state index contributed by atoms with van der Waals surface area (Å²) in [5.41, 5.74) is 1.27. The molecule has 0 bridgehead atoms. The van der Waals surface area contributed by atoms with Crippen LogP contribution in [0.25, 0.3) is 6.08 Å². The van der Waals surface area contributed by atoms with Crippen molar-refractivity contribution in [1.29, 1.82) is 0 Å². The van der Waals surface area contributed by atoms with Crippen molar-refractivity contribution in [2.45, 2.75) is 13.8 Å². The van der Waals surface area contributed by atoms with Crippen molar-refractivity contribution >= 4 is 47.1 Å². The summed E-state index contributed by atoms with van der Waals surface area (Å²) in [5, 5.41) is 0.720. The predicted molar refractivity (Wildman–Crippen MR) is 111 cm³/mol. The summed E-state index contributed by atoms with van der Waals surface area (Å²) in [5.74, 6) is -0.459. The van der Waals surface area contributed by atoms with Crippen LogP contribution >= 0.6 is 23.2 Å². The lowest BCUT2D eigenvalue weighted by Gasteiger charge is -2.11. The van der Waals surface area contributed by atoms with Crippen LogP contribution in [0.4, 0.5) is 0 Å². The number of hydrogen-bond acceptors (Lipinski definition) is 6. The monoisotopic (exact) mass is 433 g/mol. The molecule has 150 valence electrons. The SMILES string of the molecule is COc1cc(/C=C2\N=C(c3ccc(Cl)c(Cl)c3)OC2=O)ccc1OC(=O)C(C)C. The number of hydrogen-bond donors (Lipinski definition) is 0. The van der Waals surface area contributed by atoms with E-state index in [-0.39, 0.29) is 23.5 Å². The third kappa shape index (κ3) is 4.78. The van der Waals surface area contributed by atoms with Crippen LogP contribution in [0.3, 0.4) is 0 Å². The van der Waals surface area contributed by atoms with Crippen LogP contribution in [0.2, 0.25) is 10.0 Å². The van der Waals surface area contributed by atoms with Gasteiger partial charge in [-0.2, -0.15) is 0 Å². The van der Waals surface area contributed by atoms with Crippen molar-refractivity contribution in [1.82, 2.24) is 0 Å². The van der Waals surface area contributed by atoms with Gasteiger partial charge < -0.3 is 14.2 Å². The van der Waals surface area contributed by atoms with Crippen molar-refractivity contribution in [3.8, 4) is 11.5 Å². The molecule has 0 unspecified atom stereocenters. The fourth-order valence-corrected chi connectivity index (χ4v) is 2.70. The maximum atomic E-state index is 12.2. The molecule has 3 rings (SSSR count). The molecular weight excluding hydrogens is 417 g/mol. The average Bonchev–Trinajstić information content (AvgIpc) is 3.05. The molecule has 1 heterocycles. The Morgan fingerprint density at radius 3 is 2.52 bits per heavy atom. The molecule has 0 aromatic heterocycles. The summed E-state index contributed by atoms with van der Waals surface area (Å²) in [6, 6.07) is 9.73. The topological polar surface area (TPSA) is 74.2 Å². The lowest BCUT2D eigenvalue weighted by molar-refractivity contribution is -0.137. The summed E-state index contributed by atoms with van der Waals surface area (Å²) < 4.78 is 15.8. The van der Waals surface area contributed by atoms with E-state index in [0.717, 1.165) is 0 Å². The maximum absolute atomic E-state index is 12.2. The molecule has 0 N–H and O–H groups in total. The van der Waals surface area contributed by atoms with Crippen molar-refractivity contribution in [2.24, 2.45) is 10.9 Å². The first-order valence-electron chi connectivity index (χ1n) is 8.66. The Hall–Kier alpha value is -2.83. The number of methoxy groups -OCH3 is 1. The van der Waals surface area contributed by atoms with Gasteiger partial charge in [0.05, 0.1) is 23.1 Å². The summed E-state index contributed by atoms with van der Waals surface area (Å²) in [6.45, 7) is 3.48. The number of nitrogens with zero attached hydrogens (tertiary/aromatic N) is 1. The molecular formula is C21H17Cl2NO5. The molecule has 2 aromatic carbocycles. The van der Waals surface area contributed by atoms with Crippen molar-refractivity contribution < 1.29 is 23.8 Å². The van der Waals surface area contributed by atoms with Gasteiger partial charge in [0.25, 0.3) is 0 Å². The third-order valence-corrected chi connectivity index (χ3v) is 4.70. The number of ether oxygens (including phenoxy) is 3. The highest BCUT2D eigenvalue weighted by Gasteiger charge is 2.25. The Kier molecular flexibility index (Phi) is 6.25. The zero-order chi connectivity index (χ0) is 21.1. The maximum Gasteiger partial charge on any atom is 0.363 e. The van der Waals surface area contributed by atoms with Gasteiger partial charge in [-0.25, -0.2) is 9.79 Å². The van der Waals surface area contributed by atoms with Gasteiger partial charge in [-0.15, -0.1) is 0 Å². The minimum atomic E-state index is -0.597. The Labute approximate surface area is 177 Å². The van der Waals surface area contributed by atoms with Crippen molar-refractivity contribution in [3.05, 3.63) is 63.3 Å². The van der Waals surface area contributed by atoms with Gasteiger partial charge in [-0.05, 0) is 42.0 Å². The molecule has 6 nitrogen and oxygen atoms in total. The zero-order valence-corrected chi connectivity index (χ0v) is 17.4. The molecule has 0 fully saturated rings. The van der Waals surface area contributed by atoms with Crippen LogP contribution in [0, 0.1) is 5.92 Å². The molecule has 0 radical (unpaired) electrons. The molecule has 0 aliphatic carbocycles. The molecule has 0 atom stereocenters. The zero-order valence-electron chi connectivity index (χ0n) is 15.9. The molecule has 1 aliphatic heterocycles. The molecule has 2 aromatic rings. The van der Waals surface area contributed by atoms with Crippen molar-refractivity contribution in [3.63, 3.8) is 0 Å². The Balaban J connectivity index is 1.88. The van der Waals surface area contributed by atoms with Gasteiger partial charge in [0.1, 0.15) is 0 Å². The van der Waals surface area contributed by atoms with Gasteiger partial charge in [-0.3, -0.25) is 4.79 Å².